The van der Waals surface area contributed by atoms with Gasteiger partial charge in [-0.3, -0.25) is 14.7 Å². The molecule has 1 aromatic heterocycles. The van der Waals surface area contributed by atoms with E-state index >= 15 is 0 Å². The summed E-state index contributed by atoms with van der Waals surface area (Å²) in [6, 6.07) is 7.86. The Labute approximate surface area is 164 Å². The van der Waals surface area contributed by atoms with E-state index in [1.54, 1.807) is 6.92 Å². The molecule has 0 radical (unpaired) electrons. The molecule has 0 aliphatic heterocycles. The van der Waals surface area contributed by atoms with Gasteiger partial charge in [0.05, 0.1) is 11.5 Å². The first-order valence-corrected chi connectivity index (χ1v) is 9.46. The highest BCUT2D eigenvalue weighted by molar-refractivity contribution is 5.77. The van der Waals surface area contributed by atoms with Gasteiger partial charge < -0.3 is 14.9 Å². The molecule has 0 fully saturated rings. The topological polar surface area (TPSA) is 95.2 Å². The standard InChI is InChI=1S/C22H28N2O4/c1-6-11-28-20(26)18-16(13-7-9-14(10-8-13)21(2,3)4)17-15(12-22(18,5)27)23-24-19(17)25/h6-10,16,18,27H,1,11-12H2,2-5H3,(H2,23,24,25)/t16-,18+,22+/m1/s1. The van der Waals surface area contributed by atoms with Crippen LogP contribution in [0.3, 0.4) is 0 Å². The van der Waals surface area contributed by atoms with Gasteiger partial charge in [-0.15, -0.1) is 0 Å². The lowest BCUT2D eigenvalue weighted by Gasteiger charge is -2.40. The summed E-state index contributed by atoms with van der Waals surface area (Å²) < 4.78 is 5.29. The molecule has 1 aliphatic carbocycles. The fraction of sp³-hybridized carbons (Fsp3) is 0.455. The first kappa shape index (κ1) is 20.1. The van der Waals surface area contributed by atoms with Gasteiger partial charge in [-0.25, -0.2) is 0 Å². The van der Waals surface area contributed by atoms with Crippen molar-refractivity contribution in [3.8, 4) is 0 Å². The number of fused-ring (bicyclic) bond motifs is 1. The lowest BCUT2D eigenvalue weighted by atomic mass is 9.66. The van der Waals surface area contributed by atoms with E-state index in [1.165, 1.54) is 6.08 Å². The van der Waals surface area contributed by atoms with E-state index in [-0.39, 0.29) is 24.0 Å². The average Bonchev–Trinajstić information content (AvgIpc) is 2.97. The predicted octanol–water partition coefficient (Wildman–Crippen LogP) is 2.78. The summed E-state index contributed by atoms with van der Waals surface area (Å²) in [5.74, 6) is -2.06. The van der Waals surface area contributed by atoms with Gasteiger partial charge in [0.1, 0.15) is 6.61 Å². The van der Waals surface area contributed by atoms with Gasteiger partial charge in [0.2, 0.25) is 0 Å². The number of benzene rings is 1. The van der Waals surface area contributed by atoms with E-state index in [0.29, 0.717) is 11.3 Å². The summed E-state index contributed by atoms with van der Waals surface area (Å²) in [7, 11) is 0. The van der Waals surface area contributed by atoms with Gasteiger partial charge in [0, 0.05) is 23.6 Å². The van der Waals surface area contributed by atoms with Crippen LogP contribution in [-0.4, -0.2) is 33.5 Å². The van der Waals surface area contributed by atoms with E-state index in [1.807, 2.05) is 24.3 Å². The van der Waals surface area contributed by atoms with E-state index in [2.05, 4.69) is 37.5 Å². The van der Waals surface area contributed by atoms with Crippen molar-refractivity contribution in [2.45, 2.75) is 51.0 Å². The smallest absolute Gasteiger partial charge is 0.313 e. The number of carbonyl (C=O) groups is 1. The number of aliphatic hydroxyl groups is 1. The second-order valence-corrected chi connectivity index (χ2v) is 8.75. The highest BCUT2D eigenvalue weighted by Crippen LogP contribution is 2.44. The summed E-state index contributed by atoms with van der Waals surface area (Å²) in [6.45, 7) is 11.6. The molecule has 0 spiro atoms. The summed E-state index contributed by atoms with van der Waals surface area (Å²) >= 11 is 0. The molecular formula is C22H28N2O4. The van der Waals surface area contributed by atoms with Gasteiger partial charge in [0.15, 0.2) is 0 Å². The highest BCUT2D eigenvalue weighted by Gasteiger charge is 2.51. The number of aromatic amines is 2. The monoisotopic (exact) mass is 384 g/mol. The Bertz CT molecular complexity index is 929. The average molecular weight is 384 g/mol. The second kappa shape index (κ2) is 7.09. The molecule has 1 heterocycles. The van der Waals surface area contributed by atoms with Crippen molar-refractivity contribution in [1.29, 1.82) is 0 Å². The van der Waals surface area contributed by atoms with Crippen LogP contribution in [0.2, 0.25) is 0 Å². The van der Waals surface area contributed by atoms with Crippen LogP contribution >= 0.6 is 0 Å². The first-order valence-electron chi connectivity index (χ1n) is 9.46. The number of hydrogen-bond acceptors (Lipinski definition) is 4. The lowest BCUT2D eigenvalue weighted by Crippen LogP contribution is -2.50. The van der Waals surface area contributed by atoms with Crippen LogP contribution in [0.5, 0.6) is 0 Å². The SMILES string of the molecule is C=CCOC(=O)[C@@H]1[C@H](c2ccc(C(C)(C)C)cc2)c2c([nH][nH]c2=O)C[C@]1(C)O. The summed E-state index contributed by atoms with van der Waals surface area (Å²) in [4.78, 5) is 25.4. The third kappa shape index (κ3) is 3.56. The van der Waals surface area contributed by atoms with Crippen LogP contribution < -0.4 is 5.56 Å². The highest BCUT2D eigenvalue weighted by atomic mass is 16.5. The number of H-pyrrole nitrogens is 2. The van der Waals surface area contributed by atoms with Crippen LogP contribution in [0.4, 0.5) is 0 Å². The van der Waals surface area contributed by atoms with Crippen molar-refractivity contribution < 1.29 is 14.6 Å². The van der Waals surface area contributed by atoms with Crippen LogP contribution in [0.1, 0.15) is 56.0 Å². The maximum Gasteiger partial charge on any atom is 0.313 e. The summed E-state index contributed by atoms with van der Waals surface area (Å²) in [5.41, 5.74) is 1.37. The number of rotatable bonds is 4. The molecule has 3 atom stereocenters. The maximum absolute atomic E-state index is 12.9. The Kier molecular flexibility index (Phi) is 5.10. The zero-order valence-corrected chi connectivity index (χ0v) is 16.8. The minimum absolute atomic E-state index is 0.0183. The van der Waals surface area contributed by atoms with Crippen molar-refractivity contribution >= 4 is 5.97 Å². The summed E-state index contributed by atoms with van der Waals surface area (Å²) in [5, 5.41) is 16.6. The molecular weight excluding hydrogens is 356 g/mol. The van der Waals surface area contributed by atoms with Crippen molar-refractivity contribution in [1.82, 2.24) is 10.2 Å². The van der Waals surface area contributed by atoms with Crippen molar-refractivity contribution in [3.05, 3.63) is 69.7 Å². The Morgan fingerprint density at radius 1 is 1.32 bits per heavy atom. The number of esters is 1. The Balaban J connectivity index is 2.14. The van der Waals surface area contributed by atoms with Crippen LogP contribution in [0.25, 0.3) is 0 Å². The van der Waals surface area contributed by atoms with E-state index in [0.717, 1.165) is 11.1 Å². The molecule has 0 saturated carbocycles. The van der Waals surface area contributed by atoms with Gasteiger partial charge in [-0.1, -0.05) is 57.7 Å². The van der Waals surface area contributed by atoms with Crippen LogP contribution in [0.15, 0.2) is 41.7 Å². The van der Waals surface area contributed by atoms with E-state index < -0.39 is 23.4 Å². The molecule has 3 rings (SSSR count). The number of hydrogen-bond donors (Lipinski definition) is 3. The molecule has 6 nitrogen and oxygen atoms in total. The molecule has 0 saturated heterocycles. The van der Waals surface area contributed by atoms with E-state index in [9.17, 15) is 14.7 Å². The molecule has 0 unspecified atom stereocenters. The number of carbonyl (C=O) groups excluding carboxylic acids is 1. The fourth-order valence-corrected chi connectivity index (χ4v) is 4.04. The Hall–Kier alpha value is -2.60. The zero-order valence-electron chi connectivity index (χ0n) is 16.8. The Morgan fingerprint density at radius 3 is 2.54 bits per heavy atom. The number of ether oxygens (including phenoxy) is 1. The largest absolute Gasteiger partial charge is 0.461 e. The van der Waals surface area contributed by atoms with Crippen molar-refractivity contribution in [3.63, 3.8) is 0 Å². The zero-order chi connectivity index (χ0) is 20.7. The van der Waals surface area contributed by atoms with Gasteiger partial charge in [-0.05, 0) is 23.5 Å². The van der Waals surface area contributed by atoms with Crippen molar-refractivity contribution in [2.75, 3.05) is 6.61 Å². The van der Waals surface area contributed by atoms with E-state index in [4.69, 9.17) is 4.74 Å². The molecule has 3 N–H and O–H groups in total. The third-order valence-corrected chi connectivity index (χ3v) is 5.48. The quantitative estimate of drug-likeness (QED) is 0.558. The lowest BCUT2D eigenvalue weighted by molar-refractivity contribution is -0.158. The third-order valence-electron chi connectivity index (χ3n) is 5.48. The molecule has 150 valence electrons. The van der Waals surface area contributed by atoms with Crippen LogP contribution in [0, 0.1) is 5.92 Å². The van der Waals surface area contributed by atoms with Crippen LogP contribution in [-0.2, 0) is 21.4 Å². The van der Waals surface area contributed by atoms with Gasteiger partial charge in [-0.2, -0.15) is 0 Å². The molecule has 2 aromatic rings. The Morgan fingerprint density at radius 2 is 1.96 bits per heavy atom. The summed E-state index contributed by atoms with van der Waals surface area (Å²) in [6.07, 6.45) is 1.64. The minimum atomic E-state index is -1.37. The molecule has 28 heavy (non-hydrogen) atoms. The minimum Gasteiger partial charge on any atom is -0.461 e. The number of nitrogens with one attached hydrogen (secondary N) is 2. The molecule has 0 bridgehead atoms. The number of aromatic nitrogens is 2. The van der Waals surface area contributed by atoms with Gasteiger partial charge in [0.25, 0.3) is 5.56 Å². The molecule has 6 heteroatoms. The molecule has 0 amide bonds. The molecule has 1 aliphatic rings. The maximum atomic E-state index is 12.9. The van der Waals surface area contributed by atoms with Gasteiger partial charge >= 0.3 is 5.97 Å². The fourth-order valence-electron chi connectivity index (χ4n) is 4.04. The normalized spacial score (nSPS) is 24.5. The second-order valence-electron chi connectivity index (χ2n) is 8.75. The predicted molar refractivity (Wildman–Crippen MR) is 107 cm³/mol. The first-order chi connectivity index (χ1) is 13.1. The molecule has 1 aromatic carbocycles. The van der Waals surface area contributed by atoms with Crippen molar-refractivity contribution in [2.24, 2.45) is 5.92 Å².